The van der Waals surface area contributed by atoms with Crippen molar-refractivity contribution < 1.29 is 9.84 Å². The lowest BCUT2D eigenvalue weighted by Crippen LogP contribution is -2.47. The largest absolute Gasteiger partial charge is 0.497 e. The van der Waals surface area contributed by atoms with Gasteiger partial charge in [-0.15, -0.1) is 0 Å². The number of aliphatic hydroxyl groups is 1. The van der Waals surface area contributed by atoms with Crippen molar-refractivity contribution in [3.63, 3.8) is 0 Å². The summed E-state index contributed by atoms with van der Waals surface area (Å²) in [5, 5.41) is 9.78. The van der Waals surface area contributed by atoms with Crippen LogP contribution in [0.5, 0.6) is 5.75 Å². The van der Waals surface area contributed by atoms with Crippen LogP contribution in [0.1, 0.15) is 20.3 Å². The van der Waals surface area contributed by atoms with Gasteiger partial charge >= 0.3 is 0 Å². The van der Waals surface area contributed by atoms with Crippen molar-refractivity contribution in [2.45, 2.75) is 25.9 Å². The second-order valence-corrected chi connectivity index (χ2v) is 6.09. The summed E-state index contributed by atoms with van der Waals surface area (Å²) in [4.78, 5) is 4.82. The fraction of sp³-hybridized carbons (Fsp3) is 0.625. The number of anilines is 1. The number of hydrogen-bond acceptors (Lipinski definition) is 4. The summed E-state index contributed by atoms with van der Waals surface area (Å²) >= 11 is 0. The number of piperazine rings is 1. The molecule has 1 aliphatic heterocycles. The smallest absolute Gasteiger partial charge is 0.120 e. The zero-order chi connectivity index (χ0) is 14.6. The van der Waals surface area contributed by atoms with E-state index in [1.54, 1.807) is 7.11 Å². The Morgan fingerprint density at radius 1 is 1.20 bits per heavy atom. The highest BCUT2D eigenvalue weighted by Gasteiger charge is 2.20. The third kappa shape index (κ3) is 4.39. The van der Waals surface area contributed by atoms with Gasteiger partial charge in [0.05, 0.1) is 12.7 Å². The zero-order valence-corrected chi connectivity index (χ0v) is 12.8. The molecule has 4 heteroatoms. The Morgan fingerprint density at radius 3 is 2.50 bits per heavy atom. The van der Waals surface area contributed by atoms with Crippen LogP contribution >= 0.6 is 0 Å². The fourth-order valence-electron chi connectivity index (χ4n) is 2.47. The molecule has 0 bridgehead atoms. The molecule has 0 unspecified atom stereocenters. The van der Waals surface area contributed by atoms with Gasteiger partial charge in [-0.25, -0.2) is 0 Å². The topological polar surface area (TPSA) is 35.9 Å². The normalized spacial score (nSPS) is 17.3. The lowest BCUT2D eigenvalue weighted by atomic mass is 10.1. The molecule has 2 rings (SSSR count). The molecule has 0 aliphatic carbocycles. The van der Waals surface area contributed by atoms with Crippen LogP contribution in [0.4, 0.5) is 5.69 Å². The first-order chi connectivity index (χ1) is 9.48. The highest BCUT2D eigenvalue weighted by molar-refractivity contribution is 5.51. The summed E-state index contributed by atoms with van der Waals surface area (Å²) in [5.41, 5.74) is 0.663. The molecular formula is C16H26N2O2. The predicted molar refractivity (Wildman–Crippen MR) is 82.6 cm³/mol. The number of ether oxygens (including phenoxy) is 1. The Kier molecular flexibility index (Phi) is 4.89. The van der Waals surface area contributed by atoms with Crippen molar-refractivity contribution >= 4 is 5.69 Å². The average molecular weight is 278 g/mol. The molecule has 1 aliphatic rings. The highest BCUT2D eigenvalue weighted by atomic mass is 16.5. The lowest BCUT2D eigenvalue weighted by Gasteiger charge is -2.37. The molecule has 0 amide bonds. The molecule has 112 valence electrons. The van der Waals surface area contributed by atoms with Gasteiger partial charge in [0.15, 0.2) is 0 Å². The van der Waals surface area contributed by atoms with Gasteiger partial charge in [-0.05, 0) is 32.4 Å². The maximum atomic E-state index is 9.78. The van der Waals surface area contributed by atoms with E-state index >= 15 is 0 Å². The summed E-state index contributed by atoms with van der Waals surface area (Å²) in [5.74, 6) is 0.909. The number of benzene rings is 1. The van der Waals surface area contributed by atoms with E-state index in [0.29, 0.717) is 0 Å². The van der Waals surface area contributed by atoms with E-state index in [0.717, 1.165) is 44.9 Å². The highest BCUT2D eigenvalue weighted by Crippen LogP contribution is 2.22. The van der Waals surface area contributed by atoms with Crippen LogP contribution in [0.2, 0.25) is 0 Å². The van der Waals surface area contributed by atoms with Crippen LogP contribution in [-0.2, 0) is 0 Å². The van der Waals surface area contributed by atoms with Crippen LogP contribution in [0.25, 0.3) is 0 Å². The van der Waals surface area contributed by atoms with Crippen molar-refractivity contribution in [3.05, 3.63) is 24.3 Å². The van der Waals surface area contributed by atoms with E-state index in [4.69, 9.17) is 4.74 Å². The third-order valence-electron chi connectivity index (χ3n) is 3.83. The molecule has 1 fully saturated rings. The Hall–Kier alpha value is -1.26. The van der Waals surface area contributed by atoms with Crippen molar-refractivity contribution in [2.24, 2.45) is 0 Å². The maximum absolute atomic E-state index is 9.78. The van der Waals surface area contributed by atoms with Gasteiger partial charge in [-0.3, -0.25) is 4.90 Å². The molecule has 0 atom stereocenters. The predicted octanol–water partition coefficient (Wildman–Crippen LogP) is 1.98. The van der Waals surface area contributed by atoms with Crippen LogP contribution in [0.3, 0.4) is 0 Å². The van der Waals surface area contributed by atoms with Crippen molar-refractivity contribution in [2.75, 3.05) is 44.7 Å². The maximum Gasteiger partial charge on any atom is 0.120 e. The number of hydrogen-bond donors (Lipinski definition) is 1. The second-order valence-electron chi connectivity index (χ2n) is 6.09. The van der Waals surface area contributed by atoms with E-state index in [-0.39, 0.29) is 0 Å². The number of methoxy groups -OCH3 is 1. The summed E-state index contributed by atoms with van der Waals surface area (Å²) in [7, 11) is 1.70. The summed E-state index contributed by atoms with van der Waals surface area (Å²) in [6.45, 7) is 8.87. The first-order valence-electron chi connectivity index (χ1n) is 7.32. The van der Waals surface area contributed by atoms with Crippen LogP contribution in [0.15, 0.2) is 24.3 Å². The van der Waals surface area contributed by atoms with E-state index < -0.39 is 5.60 Å². The monoisotopic (exact) mass is 278 g/mol. The summed E-state index contributed by atoms with van der Waals surface area (Å²) < 4.78 is 5.28. The summed E-state index contributed by atoms with van der Waals surface area (Å²) in [6, 6.07) is 8.24. The molecule has 1 saturated heterocycles. The fourth-order valence-corrected chi connectivity index (χ4v) is 2.47. The number of nitrogens with zero attached hydrogens (tertiary/aromatic N) is 2. The van der Waals surface area contributed by atoms with E-state index in [1.165, 1.54) is 5.69 Å². The third-order valence-corrected chi connectivity index (χ3v) is 3.83. The first kappa shape index (κ1) is 15.1. The Balaban J connectivity index is 1.84. The molecule has 1 aromatic carbocycles. The van der Waals surface area contributed by atoms with E-state index in [9.17, 15) is 5.11 Å². The molecule has 1 aromatic rings. The van der Waals surface area contributed by atoms with Crippen molar-refractivity contribution in [1.82, 2.24) is 4.90 Å². The molecular weight excluding hydrogens is 252 g/mol. The average Bonchev–Trinajstić information content (AvgIpc) is 2.45. The molecule has 20 heavy (non-hydrogen) atoms. The molecule has 1 heterocycles. The Morgan fingerprint density at radius 2 is 1.90 bits per heavy atom. The summed E-state index contributed by atoms with van der Waals surface area (Å²) in [6.07, 6.45) is 0.826. The molecule has 4 nitrogen and oxygen atoms in total. The van der Waals surface area contributed by atoms with E-state index in [2.05, 4.69) is 21.9 Å². The van der Waals surface area contributed by atoms with E-state index in [1.807, 2.05) is 26.0 Å². The van der Waals surface area contributed by atoms with Gasteiger partial charge < -0.3 is 14.7 Å². The quantitative estimate of drug-likeness (QED) is 0.893. The van der Waals surface area contributed by atoms with Gasteiger partial charge in [0.25, 0.3) is 0 Å². The van der Waals surface area contributed by atoms with Crippen molar-refractivity contribution in [3.8, 4) is 5.75 Å². The van der Waals surface area contributed by atoms with Crippen LogP contribution in [-0.4, -0.2) is 55.4 Å². The van der Waals surface area contributed by atoms with Crippen LogP contribution < -0.4 is 9.64 Å². The Labute approximate surface area is 122 Å². The zero-order valence-electron chi connectivity index (χ0n) is 12.8. The van der Waals surface area contributed by atoms with Crippen molar-refractivity contribution in [1.29, 1.82) is 0 Å². The minimum absolute atomic E-state index is 0.566. The molecule has 1 N–H and O–H groups in total. The van der Waals surface area contributed by atoms with Gasteiger partial charge in [-0.2, -0.15) is 0 Å². The lowest BCUT2D eigenvalue weighted by molar-refractivity contribution is 0.0569. The van der Waals surface area contributed by atoms with Gasteiger partial charge in [-0.1, -0.05) is 6.07 Å². The molecule has 0 aromatic heterocycles. The first-order valence-corrected chi connectivity index (χ1v) is 7.32. The molecule has 0 radical (unpaired) electrons. The van der Waals surface area contributed by atoms with Gasteiger partial charge in [0.1, 0.15) is 5.75 Å². The Bertz CT molecular complexity index is 421. The molecule has 0 saturated carbocycles. The minimum Gasteiger partial charge on any atom is -0.497 e. The SMILES string of the molecule is COc1cccc(N2CCN(CCC(C)(C)O)CC2)c1. The van der Waals surface area contributed by atoms with Gasteiger partial charge in [0.2, 0.25) is 0 Å². The molecule has 0 spiro atoms. The second kappa shape index (κ2) is 6.46. The van der Waals surface area contributed by atoms with Gasteiger partial charge in [0, 0.05) is 44.5 Å². The number of rotatable bonds is 5. The minimum atomic E-state index is -0.566. The standard InChI is InChI=1S/C16H26N2O2/c1-16(2,19)7-8-17-9-11-18(12-10-17)14-5-4-6-15(13-14)20-3/h4-6,13,19H,7-12H2,1-3H3. The van der Waals surface area contributed by atoms with Crippen LogP contribution in [0, 0.1) is 0 Å².